The van der Waals surface area contributed by atoms with Gasteiger partial charge in [-0.15, -0.1) is 11.3 Å². The number of nitrogens with one attached hydrogen (secondary N) is 1. The topological polar surface area (TPSA) is 34.1 Å². The minimum atomic E-state index is 0.119. The summed E-state index contributed by atoms with van der Waals surface area (Å²) in [6.07, 6.45) is 0. The quantitative estimate of drug-likeness (QED) is 0.907. The van der Waals surface area contributed by atoms with Crippen LogP contribution in [-0.2, 0) is 0 Å². The molecule has 1 N–H and O–H groups in total. The molecule has 0 saturated heterocycles. The van der Waals surface area contributed by atoms with Crippen LogP contribution in [0.4, 0.5) is 0 Å². The molecular formula is C15H20N2OS. The number of benzene rings is 1. The molecule has 0 saturated carbocycles. The van der Waals surface area contributed by atoms with E-state index in [2.05, 4.69) is 41.7 Å². The van der Waals surface area contributed by atoms with Crippen molar-refractivity contribution in [1.82, 2.24) is 10.3 Å². The van der Waals surface area contributed by atoms with Gasteiger partial charge in [-0.3, -0.25) is 0 Å². The second kappa shape index (κ2) is 6.17. The normalized spacial score (nSPS) is 12.7. The summed E-state index contributed by atoms with van der Waals surface area (Å²) in [5, 5.41) is 6.75. The molecular weight excluding hydrogens is 256 g/mol. The molecule has 3 nitrogen and oxygen atoms in total. The first kappa shape index (κ1) is 14.0. The third kappa shape index (κ3) is 3.55. The predicted molar refractivity (Wildman–Crippen MR) is 80.0 cm³/mol. The molecule has 1 aromatic heterocycles. The Hall–Kier alpha value is -1.39. The van der Waals surface area contributed by atoms with Gasteiger partial charge in [-0.25, -0.2) is 4.98 Å². The molecule has 2 aromatic rings. The molecule has 0 fully saturated rings. The molecule has 4 heteroatoms. The molecule has 0 spiro atoms. The Bertz CT molecular complexity index is 536. The van der Waals surface area contributed by atoms with Gasteiger partial charge in [0.25, 0.3) is 0 Å². The highest BCUT2D eigenvalue weighted by Gasteiger charge is 2.18. The van der Waals surface area contributed by atoms with Crippen molar-refractivity contribution in [2.24, 2.45) is 0 Å². The average Bonchev–Trinajstić information content (AvgIpc) is 2.82. The number of aryl methyl sites for hydroxylation is 1. The minimum Gasteiger partial charge on any atom is -0.497 e. The van der Waals surface area contributed by atoms with Gasteiger partial charge >= 0.3 is 0 Å². The molecule has 19 heavy (non-hydrogen) atoms. The Labute approximate surface area is 118 Å². The molecule has 1 heterocycles. The SMILES string of the molecule is COc1cccc(C(NC(C)C)c2nc(C)cs2)c1. The van der Waals surface area contributed by atoms with E-state index in [0.29, 0.717) is 6.04 Å². The summed E-state index contributed by atoms with van der Waals surface area (Å²) >= 11 is 1.69. The molecule has 0 aliphatic rings. The first-order valence-corrected chi connectivity index (χ1v) is 7.30. The van der Waals surface area contributed by atoms with E-state index in [0.717, 1.165) is 16.5 Å². The van der Waals surface area contributed by atoms with Crippen LogP contribution < -0.4 is 10.1 Å². The molecule has 1 atom stereocenters. The van der Waals surface area contributed by atoms with Gasteiger partial charge in [-0.05, 0) is 38.5 Å². The second-order valence-electron chi connectivity index (χ2n) is 4.86. The van der Waals surface area contributed by atoms with E-state index < -0.39 is 0 Å². The molecule has 0 amide bonds. The van der Waals surface area contributed by atoms with E-state index in [9.17, 15) is 0 Å². The lowest BCUT2D eigenvalue weighted by Crippen LogP contribution is -2.28. The molecule has 102 valence electrons. The fourth-order valence-electron chi connectivity index (χ4n) is 1.97. The van der Waals surface area contributed by atoms with Crippen LogP contribution in [0.1, 0.15) is 36.2 Å². The summed E-state index contributed by atoms with van der Waals surface area (Å²) in [5.41, 5.74) is 2.25. The zero-order valence-electron chi connectivity index (χ0n) is 11.8. The van der Waals surface area contributed by atoms with Gasteiger partial charge in [-0.2, -0.15) is 0 Å². The molecule has 1 unspecified atom stereocenters. The van der Waals surface area contributed by atoms with Crippen LogP contribution >= 0.6 is 11.3 Å². The van der Waals surface area contributed by atoms with Crippen molar-refractivity contribution in [2.45, 2.75) is 32.9 Å². The van der Waals surface area contributed by atoms with Gasteiger partial charge in [0.1, 0.15) is 10.8 Å². The van der Waals surface area contributed by atoms with Crippen molar-refractivity contribution in [3.8, 4) is 5.75 Å². The third-order valence-electron chi connectivity index (χ3n) is 2.81. The number of nitrogens with zero attached hydrogens (tertiary/aromatic N) is 1. The molecule has 0 radical (unpaired) electrons. The Kier molecular flexibility index (Phi) is 4.56. The van der Waals surface area contributed by atoms with Gasteiger partial charge in [0.15, 0.2) is 0 Å². The number of thiazole rings is 1. The third-order valence-corrected chi connectivity index (χ3v) is 3.84. The largest absolute Gasteiger partial charge is 0.497 e. The van der Waals surface area contributed by atoms with Gasteiger partial charge in [0.2, 0.25) is 0 Å². The Morgan fingerprint density at radius 1 is 1.32 bits per heavy atom. The summed E-state index contributed by atoms with van der Waals surface area (Å²) in [4.78, 5) is 4.61. The van der Waals surface area contributed by atoms with Crippen LogP contribution in [-0.4, -0.2) is 18.1 Å². The fourth-order valence-corrected chi connectivity index (χ4v) is 2.85. The number of ether oxygens (including phenoxy) is 1. The van der Waals surface area contributed by atoms with E-state index in [1.165, 1.54) is 5.56 Å². The average molecular weight is 276 g/mol. The number of hydrogen-bond donors (Lipinski definition) is 1. The standard InChI is InChI=1S/C15H20N2OS/c1-10(2)16-14(15-17-11(3)9-19-15)12-6-5-7-13(8-12)18-4/h5-10,14,16H,1-4H3. The molecule has 0 aliphatic heterocycles. The first-order chi connectivity index (χ1) is 9.10. The van der Waals surface area contributed by atoms with E-state index >= 15 is 0 Å². The molecule has 1 aromatic carbocycles. The van der Waals surface area contributed by atoms with Crippen LogP contribution in [0, 0.1) is 6.92 Å². The summed E-state index contributed by atoms with van der Waals surface area (Å²) in [7, 11) is 1.69. The van der Waals surface area contributed by atoms with Crippen molar-refractivity contribution < 1.29 is 4.74 Å². The summed E-state index contributed by atoms with van der Waals surface area (Å²) in [6, 6.07) is 8.66. The summed E-state index contributed by atoms with van der Waals surface area (Å²) in [6.45, 7) is 6.32. The molecule has 0 bridgehead atoms. The molecule has 2 rings (SSSR count). The maximum Gasteiger partial charge on any atom is 0.119 e. The zero-order chi connectivity index (χ0) is 13.8. The predicted octanol–water partition coefficient (Wildman–Crippen LogP) is 3.55. The van der Waals surface area contributed by atoms with Crippen molar-refractivity contribution in [3.05, 3.63) is 45.9 Å². The van der Waals surface area contributed by atoms with E-state index in [1.807, 2.05) is 19.1 Å². The smallest absolute Gasteiger partial charge is 0.119 e. The van der Waals surface area contributed by atoms with Gasteiger partial charge in [0.05, 0.1) is 13.2 Å². The maximum atomic E-state index is 5.31. The second-order valence-corrected chi connectivity index (χ2v) is 5.75. The molecule has 0 aliphatic carbocycles. The Morgan fingerprint density at radius 2 is 2.11 bits per heavy atom. The van der Waals surface area contributed by atoms with Crippen LogP contribution in [0.15, 0.2) is 29.6 Å². The highest BCUT2D eigenvalue weighted by Crippen LogP contribution is 2.27. The maximum absolute atomic E-state index is 5.31. The Morgan fingerprint density at radius 3 is 2.68 bits per heavy atom. The number of rotatable bonds is 5. The van der Waals surface area contributed by atoms with Gasteiger partial charge < -0.3 is 10.1 Å². The van der Waals surface area contributed by atoms with Crippen molar-refractivity contribution in [2.75, 3.05) is 7.11 Å². The van der Waals surface area contributed by atoms with Crippen LogP contribution in [0.5, 0.6) is 5.75 Å². The highest BCUT2D eigenvalue weighted by molar-refractivity contribution is 7.09. The number of hydrogen-bond acceptors (Lipinski definition) is 4. The minimum absolute atomic E-state index is 0.119. The van der Waals surface area contributed by atoms with Gasteiger partial charge in [-0.1, -0.05) is 12.1 Å². The summed E-state index contributed by atoms with van der Waals surface area (Å²) in [5.74, 6) is 0.876. The van der Waals surface area contributed by atoms with E-state index in [1.54, 1.807) is 18.4 Å². The van der Waals surface area contributed by atoms with E-state index in [4.69, 9.17) is 4.74 Å². The highest BCUT2D eigenvalue weighted by atomic mass is 32.1. The fraction of sp³-hybridized carbons (Fsp3) is 0.400. The lowest BCUT2D eigenvalue weighted by molar-refractivity contribution is 0.413. The monoisotopic (exact) mass is 276 g/mol. The number of methoxy groups -OCH3 is 1. The summed E-state index contributed by atoms with van der Waals surface area (Å²) < 4.78 is 5.31. The van der Waals surface area contributed by atoms with Crippen molar-refractivity contribution in [3.63, 3.8) is 0 Å². The van der Waals surface area contributed by atoms with Crippen molar-refractivity contribution >= 4 is 11.3 Å². The van der Waals surface area contributed by atoms with Crippen LogP contribution in [0.25, 0.3) is 0 Å². The lowest BCUT2D eigenvalue weighted by atomic mass is 10.1. The number of aromatic nitrogens is 1. The van der Waals surface area contributed by atoms with Gasteiger partial charge in [0, 0.05) is 17.1 Å². The van der Waals surface area contributed by atoms with E-state index in [-0.39, 0.29) is 6.04 Å². The zero-order valence-corrected chi connectivity index (χ0v) is 12.6. The van der Waals surface area contributed by atoms with Crippen LogP contribution in [0.3, 0.4) is 0 Å². The first-order valence-electron chi connectivity index (χ1n) is 6.42. The van der Waals surface area contributed by atoms with Crippen molar-refractivity contribution in [1.29, 1.82) is 0 Å². The Balaban J connectivity index is 2.36. The van der Waals surface area contributed by atoms with Crippen LogP contribution in [0.2, 0.25) is 0 Å². The lowest BCUT2D eigenvalue weighted by Gasteiger charge is -2.20.